The number of carbonyl (C=O) groups excluding carboxylic acids is 3. The summed E-state index contributed by atoms with van der Waals surface area (Å²) >= 11 is 12.3. The van der Waals surface area contributed by atoms with Crippen LogP contribution in [-0.4, -0.2) is 67.4 Å². The first-order chi connectivity index (χ1) is 19.3. The molecule has 0 unspecified atom stereocenters. The molecule has 0 bridgehead atoms. The van der Waals surface area contributed by atoms with E-state index in [1.54, 1.807) is 0 Å². The Morgan fingerprint density at radius 3 is 2.54 bits per heavy atom. The fourth-order valence-corrected chi connectivity index (χ4v) is 6.82. The van der Waals surface area contributed by atoms with Crippen molar-refractivity contribution in [1.29, 1.82) is 0 Å². The maximum atomic E-state index is 15.0. The van der Waals surface area contributed by atoms with E-state index < -0.39 is 41.0 Å². The number of amides is 3. The molecule has 2 aromatic carbocycles. The first-order valence-electron chi connectivity index (χ1n) is 13.6. The molecule has 0 saturated carbocycles. The number of halogens is 4. The Bertz CT molecular complexity index is 1400. The summed E-state index contributed by atoms with van der Waals surface area (Å²) in [5.41, 5.74) is -0.506. The van der Waals surface area contributed by atoms with Gasteiger partial charge in [0.05, 0.1) is 22.6 Å². The van der Waals surface area contributed by atoms with Crippen LogP contribution >= 0.6 is 23.2 Å². The Hall–Kier alpha value is -2.79. The zero-order valence-electron chi connectivity index (χ0n) is 23.0. The van der Waals surface area contributed by atoms with Crippen molar-refractivity contribution in [1.82, 2.24) is 20.9 Å². The van der Waals surface area contributed by atoms with Crippen LogP contribution in [0.25, 0.3) is 0 Å². The van der Waals surface area contributed by atoms with Gasteiger partial charge in [-0.2, -0.15) is 0 Å². The zero-order chi connectivity index (χ0) is 29.7. The summed E-state index contributed by atoms with van der Waals surface area (Å²) in [6, 6.07) is 5.24. The number of benzene rings is 2. The van der Waals surface area contributed by atoms with Gasteiger partial charge >= 0.3 is 0 Å². The van der Waals surface area contributed by atoms with Gasteiger partial charge in [0, 0.05) is 43.8 Å². The van der Waals surface area contributed by atoms with Gasteiger partial charge in [-0.05, 0) is 47.2 Å². The standard InChI is InChI=1S/C29H33Cl2F2N5O3/c1-28(2,3)13-22-29(16-11-20(33)18(31)12-21(16)36-27(29)41)24(15-4-5-19(32)17(30)10-15)25(37-22)26(40)35-7-9-38-8-6-34-23(39)14-38/h4-5,10-12,22,24-25,37H,6-9,13-14H2,1-3H3,(H,34,39)(H,35,40)(H,36,41)/t22-,24+,25-,29+/m1/s1. The second-order valence-electron chi connectivity index (χ2n) is 12.2. The van der Waals surface area contributed by atoms with Gasteiger partial charge in [0.25, 0.3) is 0 Å². The average molecular weight is 609 g/mol. The summed E-state index contributed by atoms with van der Waals surface area (Å²) in [5.74, 6) is -3.04. The minimum atomic E-state index is -1.43. The van der Waals surface area contributed by atoms with Crippen molar-refractivity contribution in [3.63, 3.8) is 0 Å². The van der Waals surface area contributed by atoms with Gasteiger partial charge in [0.2, 0.25) is 17.7 Å². The van der Waals surface area contributed by atoms with Gasteiger partial charge in [-0.1, -0.05) is 50.0 Å². The van der Waals surface area contributed by atoms with Crippen LogP contribution in [0.2, 0.25) is 10.0 Å². The van der Waals surface area contributed by atoms with Crippen LogP contribution in [0.3, 0.4) is 0 Å². The third-order valence-electron chi connectivity index (χ3n) is 8.13. The highest BCUT2D eigenvalue weighted by molar-refractivity contribution is 6.31. The van der Waals surface area contributed by atoms with Crippen LogP contribution in [0.4, 0.5) is 14.5 Å². The predicted molar refractivity (Wildman–Crippen MR) is 153 cm³/mol. The van der Waals surface area contributed by atoms with Gasteiger partial charge in [0.1, 0.15) is 17.0 Å². The molecule has 8 nitrogen and oxygen atoms in total. The quantitative estimate of drug-likeness (QED) is 0.402. The smallest absolute Gasteiger partial charge is 0.237 e. The first-order valence-corrected chi connectivity index (χ1v) is 14.4. The largest absolute Gasteiger partial charge is 0.354 e. The number of fused-ring (bicyclic) bond motifs is 2. The van der Waals surface area contributed by atoms with E-state index in [0.29, 0.717) is 42.9 Å². The summed E-state index contributed by atoms with van der Waals surface area (Å²) in [7, 11) is 0. The third-order valence-corrected chi connectivity index (χ3v) is 8.71. The summed E-state index contributed by atoms with van der Waals surface area (Å²) < 4.78 is 29.3. The molecule has 2 saturated heterocycles. The lowest BCUT2D eigenvalue weighted by molar-refractivity contribution is -0.124. The lowest BCUT2D eigenvalue weighted by Gasteiger charge is -2.37. The molecule has 3 amide bonds. The Kier molecular flexibility index (Phi) is 8.06. The lowest BCUT2D eigenvalue weighted by Crippen LogP contribution is -2.51. The topological polar surface area (TPSA) is 103 Å². The molecule has 3 heterocycles. The number of carbonyl (C=O) groups is 3. The minimum Gasteiger partial charge on any atom is -0.354 e. The number of nitrogens with zero attached hydrogens (tertiary/aromatic N) is 1. The van der Waals surface area contributed by atoms with Crippen molar-refractivity contribution in [2.24, 2.45) is 5.41 Å². The Morgan fingerprint density at radius 2 is 1.85 bits per heavy atom. The van der Waals surface area contributed by atoms with Crippen LogP contribution in [0.15, 0.2) is 30.3 Å². The van der Waals surface area contributed by atoms with Crippen LogP contribution in [-0.2, 0) is 19.8 Å². The normalized spacial score (nSPS) is 26.2. The summed E-state index contributed by atoms with van der Waals surface area (Å²) in [6.45, 7) is 8.24. The van der Waals surface area contributed by atoms with Crippen molar-refractivity contribution < 1.29 is 23.2 Å². The van der Waals surface area contributed by atoms with Crippen LogP contribution in [0.1, 0.15) is 44.2 Å². The molecule has 0 aliphatic carbocycles. The van der Waals surface area contributed by atoms with E-state index in [9.17, 15) is 18.8 Å². The highest BCUT2D eigenvalue weighted by Crippen LogP contribution is 2.57. The minimum absolute atomic E-state index is 0.0708. The zero-order valence-corrected chi connectivity index (χ0v) is 24.6. The molecule has 4 N–H and O–H groups in total. The molecule has 2 fully saturated rings. The van der Waals surface area contributed by atoms with E-state index in [-0.39, 0.29) is 40.4 Å². The van der Waals surface area contributed by atoms with Crippen molar-refractivity contribution >= 4 is 46.6 Å². The number of rotatable bonds is 6. The maximum absolute atomic E-state index is 15.0. The molecule has 3 aliphatic rings. The van der Waals surface area contributed by atoms with Crippen LogP contribution < -0.4 is 21.3 Å². The molecule has 12 heteroatoms. The highest BCUT2D eigenvalue weighted by atomic mass is 35.5. The van der Waals surface area contributed by atoms with Gasteiger partial charge < -0.3 is 21.3 Å². The Balaban J connectivity index is 1.58. The third kappa shape index (κ3) is 5.55. The molecule has 0 aromatic heterocycles. The molecule has 4 atom stereocenters. The van der Waals surface area contributed by atoms with Crippen molar-refractivity contribution in [3.8, 4) is 0 Å². The van der Waals surface area contributed by atoms with Crippen molar-refractivity contribution in [2.45, 2.75) is 50.6 Å². The summed E-state index contributed by atoms with van der Waals surface area (Å²) in [4.78, 5) is 41.7. The molecule has 220 valence electrons. The highest BCUT2D eigenvalue weighted by Gasteiger charge is 2.66. The van der Waals surface area contributed by atoms with Gasteiger partial charge in [0.15, 0.2) is 0 Å². The van der Waals surface area contributed by atoms with Gasteiger partial charge in [-0.25, -0.2) is 8.78 Å². The number of hydrogen-bond donors (Lipinski definition) is 4. The number of nitrogens with one attached hydrogen (secondary N) is 4. The molecular formula is C29H33Cl2F2N5O3. The van der Waals surface area contributed by atoms with E-state index in [0.717, 1.165) is 0 Å². The lowest BCUT2D eigenvalue weighted by atomic mass is 9.62. The molecular weight excluding hydrogens is 575 g/mol. The molecule has 3 aliphatic heterocycles. The fourth-order valence-electron chi connectivity index (χ4n) is 6.47. The van der Waals surface area contributed by atoms with E-state index in [1.165, 1.54) is 30.3 Å². The Morgan fingerprint density at radius 1 is 1.12 bits per heavy atom. The second-order valence-corrected chi connectivity index (χ2v) is 13.0. The second kappa shape index (κ2) is 11.1. The number of hydrogen-bond acceptors (Lipinski definition) is 5. The van der Waals surface area contributed by atoms with Crippen molar-refractivity contribution in [2.75, 3.05) is 38.0 Å². The van der Waals surface area contributed by atoms with E-state index >= 15 is 4.39 Å². The number of piperazine rings is 1. The molecule has 41 heavy (non-hydrogen) atoms. The van der Waals surface area contributed by atoms with Crippen molar-refractivity contribution in [3.05, 3.63) is 63.1 Å². The van der Waals surface area contributed by atoms with Gasteiger partial charge in [-0.15, -0.1) is 0 Å². The summed E-state index contributed by atoms with van der Waals surface area (Å²) in [6.07, 6.45) is 0.461. The molecule has 0 radical (unpaired) electrons. The predicted octanol–water partition coefficient (Wildman–Crippen LogP) is 3.57. The van der Waals surface area contributed by atoms with E-state index in [2.05, 4.69) is 21.3 Å². The molecule has 1 spiro atoms. The first kappa shape index (κ1) is 29.7. The van der Waals surface area contributed by atoms with E-state index in [1.807, 2.05) is 25.7 Å². The van der Waals surface area contributed by atoms with Gasteiger partial charge in [-0.3, -0.25) is 19.3 Å². The van der Waals surface area contributed by atoms with E-state index in [4.69, 9.17) is 23.2 Å². The Labute approximate surface area is 247 Å². The average Bonchev–Trinajstić information content (AvgIpc) is 3.35. The maximum Gasteiger partial charge on any atom is 0.237 e. The molecule has 2 aromatic rings. The van der Waals surface area contributed by atoms with Crippen LogP contribution in [0, 0.1) is 17.0 Å². The number of anilines is 1. The monoisotopic (exact) mass is 607 g/mol. The fraction of sp³-hybridized carbons (Fsp3) is 0.483. The molecule has 5 rings (SSSR count). The summed E-state index contributed by atoms with van der Waals surface area (Å²) in [5, 5.41) is 11.7. The van der Waals surface area contributed by atoms with Crippen LogP contribution in [0.5, 0.6) is 0 Å². The SMILES string of the molecule is CC(C)(C)C[C@H]1N[C@@H](C(=O)NCCN2CCNC(=O)C2)[C@H](c2ccc(F)c(Cl)c2)[C@@]12C(=O)Nc1cc(Cl)c(F)cc12.